The molecule has 0 spiro atoms. The van der Waals surface area contributed by atoms with Gasteiger partial charge in [0, 0.05) is 18.0 Å². The van der Waals surface area contributed by atoms with Gasteiger partial charge in [-0.1, -0.05) is 20.8 Å². The predicted octanol–water partition coefficient (Wildman–Crippen LogP) is 2.48. The molecule has 0 saturated carbocycles. The van der Waals surface area contributed by atoms with Crippen molar-refractivity contribution < 1.29 is 4.79 Å². The molecular formula is C11H15NO. The highest BCUT2D eigenvalue weighted by molar-refractivity contribution is 5.74. The summed E-state index contributed by atoms with van der Waals surface area (Å²) in [7, 11) is 0. The molecule has 2 heteroatoms. The van der Waals surface area contributed by atoms with Crippen LogP contribution in [0.15, 0.2) is 18.5 Å². The maximum absolute atomic E-state index is 10.5. The third-order valence-corrected chi connectivity index (χ3v) is 1.69. The van der Waals surface area contributed by atoms with Gasteiger partial charge in [0.15, 0.2) is 6.29 Å². The second-order valence-corrected chi connectivity index (χ2v) is 4.48. The van der Waals surface area contributed by atoms with Gasteiger partial charge in [0.2, 0.25) is 0 Å². The summed E-state index contributed by atoms with van der Waals surface area (Å²) in [5.74, 6) is 0. The first kappa shape index (κ1) is 9.90. The van der Waals surface area contributed by atoms with Crippen LogP contribution in [0.25, 0.3) is 0 Å². The number of hydrogen-bond acceptors (Lipinski definition) is 2. The van der Waals surface area contributed by atoms with E-state index in [-0.39, 0.29) is 5.41 Å². The van der Waals surface area contributed by atoms with Crippen LogP contribution in [-0.4, -0.2) is 11.3 Å². The number of carbonyl (C=O) groups excluding carboxylic acids is 1. The van der Waals surface area contributed by atoms with Gasteiger partial charge in [0.05, 0.1) is 0 Å². The van der Waals surface area contributed by atoms with Crippen molar-refractivity contribution >= 4 is 6.29 Å². The van der Waals surface area contributed by atoms with Gasteiger partial charge >= 0.3 is 0 Å². The zero-order valence-corrected chi connectivity index (χ0v) is 8.37. The molecule has 0 aliphatic rings. The molecule has 0 saturated heterocycles. The Morgan fingerprint density at radius 2 is 2.08 bits per heavy atom. The van der Waals surface area contributed by atoms with Gasteiger partial charge in [-0.3, -0.25) is 9.78 Å². The molecule has 0 amide bonds. The number of aromatic nitrogens is 1. The van der Waals surface area contributed by atoms with Gasteiger partial charge in [-0.25, -0.2) is 0 Å². The van der Waals surface area contributed by atoms with E-state index in [2.05, 4.69) is 25.8 Å². The summed E-state index contributed by atoms with van der Waals surface area (Å²) in [6.45, 7) is 6.50. The van der Waals surface area contributed by atoms with Crippen LogP contribution < -0.4 is 0 Å². The summed E-state index contributed by atoms with van der Waals surface area (Å²) in [6, 6.07) is 1.89. The molecule has 1 aromatic heterocycles. The molecule has 2 nitrogen and oxygen atoms in total. The van der Waals surface area contributed by atoms with Gasteiger partial charge in [0.1, 0.15) is 0 Å². The molecule has 1 rings (SSSR count). The highest BCUT2D eigenvalue weighted by Crippen LogP contribution is 2.19. The Morgan fingerprint density at radius 3 is 2.62 bits per heavy atom. The average molecular weight is 177 g/mol. The molecule has 1 heterocycles. The lowest BCUT2D eigenvalue weighted by Crippen LogP contribution is -2.09. The monoisotopic (exact) mass is 177 g/mol. The highest BCUT2D eigenvalue weighted by Gasteiger charge is 2.11. The van der Waals surface area contributed by atoms with Crippen molar-refractivity contribution in [3.63, 3.8) is 0 Å². The first-order chi connectivity index (χ1) is 6.01. The van der Waals surface area contributed by atoms with Crippen LogP contribution >= 0.6 is 0 Å². The topological polar surface area (TPSA) is 30.0 Å². The Hall–Kier alpha value is -1.18. The van der Waals surface area contributed by atoms with E-state index in [0.717, 1.165) is 18.3 Å². The van der Waals surface area contributed by atoms with Crippen LogP contribution in [0.5, 0.6) is 0 Å². The Morgan fingerprint density at radius 1 is 1.38 bits per heavy atom. The van der Waals surface area contributed by atoms with Crippen molar-refractivity contribution in [2.75, 3.05) is 0 Å². The van der Waals surface area contributed by atoms with E-state index in [9.17, 15) is 4.79 Å². The van der Waals surface area contributed by atoms with E-state index in [0.29, 0.717) is 5.56 Å². The van der Waals surface area contributed by atoms with Crippen LogP contribution in [-0.2, 0) is 6.42 Å². The fraction of sp³-hybridized carbons (Fsp3) is 0.455. The van der Waals surface area contributed by atoms with Crippen LogP contribution in [0.3, 0.4) is 0 Å². The van der Waals surface area contributed by atoms with E-state index in [1.54, 1.807) is 6.20 Å². The number of carbonyl (C=O) groups is 1. The second kappa shape index (κ2) is 3.69. The number of hydrogen-bond donors (Lipinski definition) is 0. The Labute approximate surface area is 79.0 Å². The lowest BCUT2D eigenvalue weighted by Gasteiger charge is -2.17. The van der Waals surface area contributed by atoms with Crippen molar-refractivity contribution in [1.29, 1.82) is 0 Å². The van der Waals surface area contributed by atoms with Gasteiger partial charge in [-0.15, -0.1) is 0 Å². The van der Waals surface area contributed by atoms with E-state index < -0.39 is 0 Å². The minimum absolute atomic E-state index is 0.239. The molecule has 0 aromatic carbocycles. The number of aldehydes is 1. The van der Waals surface area contributed by atoms with Crippen LogP contribution in [0.4, 0.5) is 0 Å². The molecule has 0 bridgehead atoms. The Balaban J connectivity index is 2.84. The zero-order valence-electron chi connectivity index (χ0n) is 8.37. The molecule has 0 atom stereocenters. The van der Waals surface area contributed by atoms with Gasteiger partial charge in [-0.2, -0.15) is 0 Å². The standard InChI is InChI=1S/C11H15NO/c1-11(2,3)5-9-4-10(8-13)7-12-6-9/h4,6-8H,5H2,1-3H3. The van der Waals surface area contributed by atoms with Gasteiger partial charge < -0.3 is 0 Å². The Kier molecular flexibility index (Phi) is 2.81. The van der Waals surface area contributed by atoms with Crippen LogP contribution in [0, 0.1) is 5.41 Å². The zero-order chi connectivity index (χ0) is 9.90. The fourth-order valence-electron chi connectivity index (χ4n) is 1.28. The quantitative estimate of drug-likeness (QED) is 0.649. The molecule has 70 valence electrons. The van der Waals surface area contributed by atoms with E-state index in [1.165, 1.54) is 0 Å². The van der Waals surface area contributed by atoms with Crippen molar-refractivity contribution in [3.8, 4) is 0 Å². The Bertz CT molecular complexity index is 299. The first-order valence-electron chi connectivity index (χ1n) is 4.40. The minimum Gasteiger partial charge on any atom is -0.298 e. The van der Waals surface area contributed by atoms with Gasteiger partial charge in [0.25, 0.3) is 0 Å². The van der Waals surface area contributed by atoms with Crippen molar-refractivity contribution in [3.05, 3.63) is 29.6 Å². The van der Waals surface area contributed by atoms with E-state index in [4.69, 9.17) is 0 Å². The SMILES string of the molecule is CC(C)(C)Cc1cncc(C=O)c1. The predicted molar refractivity (Wildman–Crippen MR) is 52.8 cm³/mol. The molecule has 0 aliphatic carbocycles. The molecular weight excluding hydrogens is 162 g/mol. The normalized spacial score (nSPS) is 11.3. The summed E-state index contributed by atoms with van der Waals surface area (Å²) in [5.41, 5.74) is 2.02. The maximum atomic E-state index is 10.5. The molecule has 0 aliphatic heterocycles. The molecule has 13 heavy (non-hydrogen) atoms. The molecule has 0 radical (unpaired) electrons. The number of pyridine rings is 1. The van der Waals surface area contributed by atoms with Crippen LogP contribution in [0.2, 0.25) is 0 Å². The minimum atomic E-state index is 0.239. The lowest BCUT2D eigenvalue weighted by atomic mass is 9.88. The van der Waals surface area contributed by atoms with Crippen molar-refractivity contribution in [2.45, 2.75) is 27.2 Å². The van der Waals surface area contributed by atoms with Crippen molar-refractivity contribution in [2.24, 2.45) is 5.41 Å². The molecule has 0 N–H and O–H groups in total. The number of nitrogens with zero attached hydrogens (tertiary/aromatic N) is 1. The third-order valence-electron chi connectivity index (χ3n) is 1.69. The molecule has 0 unspecified atom stereocenters. The number of rotatable bonds is 2. The average Bonchev–Trinajstić information content (AvgIpc) is 2.01. The lowest BCUT2D eigenvalue weighted by molar-refractivity contribution is 0.112. The fourth-order valence-corrected chi connectivity index (χ4v) is 1.28. The molecule has 0 fully saturated rings. The third kappa shape index (κ3) is 3.36. The summed E-state index contributed by atoms with van der Waals surface area (Å²) in [5, 5.41) is 0. The second-order valence-electron chi connectivity index (χ2n) is 4.48. The maximum Gasteiger partial charge on any atom is 0.151 e. The first-order valence-corrected chi connectivity index (χ1v) is 4.40. The van der Waals surface area contributed by atoms with Crippen LogP contribution in [0.1, 0.15) is 36.7 Å². The molecule has 1 aromatic rings. The largest absolute Gasteiger partial charge is 0.298 e. The summed E-state index contributed by atoms with van der Waals surface area (Å²) < 4.78 is 0. The summed E-state index contributed by atoms with van der Waals surface area (Å²) in [4.78, 5) is 14.5. The van der Waals surface area contributed by atoms with Gasteiger partial charge in [-0.05, 0) is 23.5 Å². The van der Waals surface area contributed by atoms with E-state index in [1.807, 2.05) is 12.3 Å². The summed E-state index contributed by atoms with van der Waals surface area (Å²) in [6.07, 6.45) is 5.18. The van der Waals surface area contributed by atoms with E-state index >= 15 is 0 Å². The highest BCUT2D eigenvalue weighted by atomic mass is 16.1. The van der Waals surface area contributed by atoms with Crippen molar-refractivity contribution in [1.82, 2.24) is 4.98 Å². The smallest absolute Gasteiger partial charge is 0.151 e. The summed E-state index contributed by atoms with van der Waals surface area (Å²) >= 11 is 0.